The molecule has 2 aliphatic rings. The van der Waals surface area contributed by atoms with Crippen LogP contribution in [0.1, 0.15) is 48.1 Å². The highest BCUT2D eigenvalue weighted by Gasteiger charge is 2.48. The summed E-state index contributed by atoms with van der Waals surface area (Å²) in [6.45, 7) is 2.14. The molecule has 0 N–H and O–H groups in total. The molecular weight excluding hydrogens is 334 g/mol. The van der Waals surface area contributed by atoms with Crippen LogP contribution in [0.15, 0.2) is 59.0 Å². The third-order valence-corrected chi connectivity index (χ3v) is 6.52. The van der Waals surface area contributed by atoms with Gasteiger partial charge in [0.2, 0.25) is 11.8 Å². The van der Waals surface area contributed by atoms with Crippen molar-refractivity contribution in [1.29, 1.82) is 0 Å². The standard InChI is InChI=1S/C23H25N3O/c1-15-8-10-16(11-9-15)19-14-18-12-13-20(26(18)2)21(19)23-25-24-22(27-23)17-6-4-3-5-7-17/h3-11,18-21H,12-14H2,1-2H3/t18?,19-,20?,21?/m1/s1. The van der Waals surface area contributed by atoms with Crippen LogP contribution in [-0.2, 0) is 0 Å². The molecule has 138 valence electrons. The van der Waals surface area contributed by atoms with Crippen molar-refractivity contribution >= 4 is 0 Å². The van der Waals surface area contributed by atoms with E-state index in [1.807, 2.05) is 30.3 Å². The molecule has 5 rings (SSSR count). The van der Waals surface area contributed by atoms with Crippen molar-refractivity contribution in [2.75, 3.05) is 7.05 Å². The van der Waals surface area contributed by atoms with E-state index in [-0.39, 0.29) is 5.92 Å². The van der Waals surface area contributed by atoms with Crippen LogP contribution in [-0.4, -0.2) is 34.2 Å². The molecule has 2 aromatic carbocycles. The summed E-state index contributed by atoms with van der Waals surface area (Å²) < 4.78 is 6.23. The van der Waals surface area contributed by atoms with Gasteiger partial charge in [-0.15, -0.1) is 10.2 Å². The maximum atomic E-state index is 6.23. The van der Waals surface area contributed by atoms with Gasteiger partial charge in [0.05, 0.1) is 5.92 Å². The number of benzene rings is 2. The van der Waals surface area contributed by atoms with Crippen LogP contribution in [0.4, 0.5) is 0 Å². The number of rotatable bonds is 3. The topological polar surface area (TPSA) is 42.2 Å². The van der Waals surface area contributed by atoms with Gasteiger partial charge in [-0.3, -0.25) is 4.90 Å². The average Bonchev–Trinajstić information content (AvgIpc) is 3.26. The number of hydrogen-bond donors (Lipinski definition) is 0. The van der Waals surface area contributed by atoms with Gasteiger partial charge in [-0.2, -0.15) is 0 Å². The molecule has 2 fully saturated rings. The lowest BCUT2D eigenvalue weighted by Gasteiger charge is -2.41. The molecule has 4 heteroatoms. The lowest BCUT2D eigenvalue weighted by Crippen LogP contribution is -2.44. The first-order chi connectivity index (χ1) is 13.2. The van der Waals surface area contributed by atoms with Crippen LogP contribution in [0, 0.1) is 6.92 Å². The summed E-state index contributed by atoms with van der Waals surface area (Å²) in [5.41, 5.74) is 3.68. The smallest absolute Gasteiger partial charge is 0.247 e. The Morgan fingerprint density at radius 3 is 2.52 bits per heavy atom. The van der Waals surface area contributed by atoms with Crippen LogP contribution in [0.5, 0.6) is 0 Å². The molecule has 0 radical (unpaired) electrons. The molecule has 0 spiro atoms. The third-order valence-electron chi connectivity index (χ3n) is 6.52. The van der Waals surface area contributed by atoms with Gasteiger partial charge in [-0.05, 0) is 56.8 Å². The van der Waals surface area contributed by atoms with Crippen LogP contribution >= 0.6 is 0 Å². The highest BCUT2D eigenvalue weighted by molar-refractivity contribution is 5.51. The second-order valence-electron chi connectivity index (χ2n) is 8.05. The Hall–Kier alpha value is -2.46. The van der Waals surface area contributed by atoms with Crippen molar-refractivity contribution < 1.29 is 4.42 Å². The lowest BCUT2D eigenvalue weighted by molar-refractivity contribution is 0.124. The lowest BCUT2D eigenvalue weighted by atomic mass is 9.76. The normalized spacial score (nSPS) is 27.8. The first-order valence-electron chi connectivity index (χ1n) is 9.88. The second-order valence-corrected chi connectivity index (χ2v) is 8.05. The zero-order chi connectivity index (χ0) is 18.4. The number of aromatic nitrogens is 2. The quantitative estimate of drug-likeness (QED) is 0.675. The summed E-state index contributed by atoms with van der Waals surface area (Å²) in [5, 5.41) is 8.89. The van der Waals surface area contributed by atoms with Crippen LogP contribution in [0.2, 0.25) is 0 Å². The summed E-state index contributed by atoms with van der Waals surface area (Å²) in [6, 6.07) is 20.2. The van der Waals surface area contributed by atoms with Crippen molar-refractivity contribution in [3.63, 3.8) is 0 Å². The molecule has 0 amide bonds. The summed E-state index contributed by atoms with van der Waals surface area (Å²) in [7, 11) is 2.26. The van der Waals surface area contributed by atoms with Crippen LogP contribution in [0.25, 0.3) is 11.5 Å². The maximum Gasteiger partial charge on any atom is 0.247 e. The van der Waals surface area contributed by atoms with E-state index in [0.29, 0.717) is 23.9 Å². The van der Waals surface area contributed by atoms with Crippen molar-refractivity contribution in [3.05, 3.63) is 71.6 Å². The Morgan fingerprint density at radius 1 is 0.963 bits per heavy atom. The number of nitrogens with zero attached hydrogens (tertiary/aromatic N) is 3. The van der Waals surface area contributed by atoms with Gasteiger partial charge in [-0.1, -0.05) is 48.0 Å². The molecule has 3 aromatic rings. The zero-order valence-corrected chi connectivity index (χ0v) is 15.9. The zero-order valence-electron chi connectivity index (χ0n) is 15.9. The van der Waals surface area contributed by atoms with E-state index in [1.165, 1.54) is 24.0 Å². The van der Waals surface area contributed by atoms with Crippen LogP contribution in [0.3, 0.4) is 0 Å². The Labute approximate surface area is 160 Å². The Morgan fingerprint density at radius 2 is 1.74 bits per heavy atom. The van der Waals surface area contributed by atoms with Gasteiger partial charge >= 0.3 is 0 Å². The first-order valence-corrected chi connectivity index (χ1v) is 9.88. The van der Waals surface area contributed by atoms with Crippen molar-refractivity contribution in [2.24, 2.45) is 0 Å². The van der Waals surface area contributed by atoms with E-state index in [1.54, 1.807) is 0 Å². The maximum absolute atomic E-state index is 6.23. The molecule has 1 aromatic heterocycles. The predicted molar refractivity (Wildman–Crippen MR) is 106 cm³/mol. The molecule has 2 bridgehead atoms. The minimum Gasteiger partial charge on any atom is -0.420 e. The van der Waals surface area contributed by atoms with E-state index in [0.717, 1.165) is 17.9 Å². The van der Waals surface area contributed by atoms with Crippen molar-refractivity contribution in [3.8, 4) is 11.5 Å². The van der Waals surface area contributed by atoms with Gasteiger partial charge in [0.15, 0.2) is 0 Å². The fraction of sp³-hybridized carbons (Fsp3) is 0.391. The van der Waals surface area contributed by atoms with Gasteiger partial charge in [0, 0.05) is 17.6 Å². The number of aryl methyl sites for hydroxylation is 1. The molecule has 0 saturated carbocycles. The van der Waals surface area contributed by atoms with Gasteiger partial charge in [0.25, 0.3) is 0 Å². The highest BCUT2D eigenvalue weighted by Crippen LogP contribution is 2.50. The Balaban J connectivity index is 1.54. The van der Waals surface area contributed by atoms with Crippen LogP contribution < -0.4 is 0 Å². The van der Waals surface area contributed by atoms with Crippen molar-refractivity contribution in [1.82, 2.24) is 15.1 Å². The molecule has 4 atom stereocenters. The minimum atomic E-state index is 0.251. The summed E-state index contributed by atoms with van der Waals surface area (Å²) in [5.74, 6) is 2.09. The summed E-state index contributed by atoms with van der Waals surface area (Å²) in [4.78, 5) is 2.54. The fourth-order valence-corrected chi connectivity index (χ4v) is 5.03. The van der Waals surface area contributed by atoms with E-state index in [9.17, 15) is 0 Å². The molecule has 3 heterocycles. The second kappa shape index (κ2) is 6.61. The van der Waals surface area contributed by atoms with E-state index in [4.69, 9.17) is 4.42 Å². The number of piperidine rings is 1. The van der Waals surface area contributed by atoms with E-state index in [2.05, 4.69) is 53.3 Å². The summed E-state index contributed by atoms with van der Waals surface area (Å²) in [6.07, 6.45) is 3.63. The fourth-order valence-electron chi connectivity index (χ4n) is 5.03. The Kier molecular flexibility index (Phi) is 4.09. The molecule has 2 aliphatic heterocycles. The minimum absolute atomic E-state index is 0.251. The Bertz CT molecular complexity index is 918. The number of hydrogen-bond acceptors (Lipinski definition) is 4. The molecule has 4 nitrogen and oxygen atoms in total. The number of likely N-dealkylation sites (N-methyl/N-ethyl adjacent to an activating group) is 1. The average molecular weight is 359 g/mol. The molecular formula is C23H25N3O. The SMILES string of the molecule is Cc1ccc([C@H]2CC3CCC(C2c2nnc(-c4ccccc4)o2)N3C)cc1. The summed E-state index contributed by atoms with van der Waals surface area (Å²) >= 11 is 0. The van der Waals surface area contributed by atoms with Crippen molar-refractivity contribution in [2.45, 2.75) is 50.1 Å². The number of fused-ring (bicyclic) bond motifs is 2. The molecule has 2 saturated heterocycles. The van der Waals surface area contributed by atoms with Gasteiger partial charge in [0.1, 0.15) is 0 Å². The molecule has 27 heavy (non-hydrogen) atoms. The van der Waals surface area contributed by atoms with E-state index >= 15 is 0 Å². The predicted octanol–water partition coefficient (Wildman–Crippen LogP) is 4.78. The van der Waals surface area contributed by atoms with E-state index < -0.39 is 0 Å². The monoisotopic (exact) mass is 359 g/mol. The highest BCUT2D eigenvalue weighted by atomic mass is 16.4. The van der Waals surface area contributed by atoms with Gasteiger partial charge in [-0.25, -0.2) is 0 Å². The largest absolute Gasteiger partial charge is 0.420 e. The van der Waals surface area contributed by atoms with Gasteiger partial charge < -0.3 is 4.42 Å². The first kappa shape index (κ1) is 16.7. The third kappa shape index (κ3) is 2.88. The molecule has 0 aliphatic carbocycles. The molecule has 3 unspecified atom stereocenters.